The molecule has 0 bridgehead atoms. The minimum absolute atomic E-state index is 0.0288. The second-order valence-electron chi connectivity index (χ2n) is 8.48. The highest BCUT2D eigenvalue weighted by Crippen LogP contribution is 2.22. The smallest absolute Gasteiger partial charge is 0.246 e. The van der Waals surface area contributed by atoms with Crippen molar-refractivity contribution in [1.29, 1.82) is 0 Å². The maximum atomic E-state index is 12.5. The summed E-state index contributed by atoms with van der Waals surface area (Å²) >= 11 is 0. The SMILES string of the molecule is CN(Cc1ccc(N2CCCCC2)cc1)C(=O)/C=C/c1ccc(N2CCCC2=O)cc1. The Balaban J connectivity index is 1.30. The van der Waals surface area contributed by atoms with Gasteiger partial charge < -0.3 is 14.7 Å². The summed E-state index contributed by atoms with van der Waals surface area (Å²) in [5, 5.41) is 0. The van der Waals surface area contributed by atoms with E-state index in [1.165, 1.54) is 24.9 Å². The number of hydrogen-bond acceptors (Lipinski definition) is 3. The van der Waals surface area contributed by atoms with Crippen LogP contribution in [0.3, 0.4) is 0 Å². The molecule has 162 valence electrons. The van der Waals surface area contributed by atoms with Gasteiger partial charge in [-0.05, 0) is 67.2 Å². The molecule has 0 spiro atoms. The van der Waals surface area contributed by atoms with Crippen molar-refractivity contribution < 1.29 is 9.59 Å². The van der Waals surface area contributed by atoms with E-state index in [0.29, 0.717) is 13.0 Å². The van der Waals surface area contributed by atoms with E-state index in [0.717, 1.165) is 42.9 Å². The first-order valence-corrected chi connectivity index (χ1v) is 11.3. The van der Waals surface area contributed by atoms with Crippen LogP contribution in [0, 0.1) is 0 Å². The molecular weight excluding hydrogens is 386 g/mol. The number of anilines is 2. The molecule has 0 saturated carbocycles. The standard InChI is InChI=1S/C26H31N3O2/c1-27(20-22-9-12-23(13-10-22)28-17-3-2-4-18-28)25(30)16-11-21-7-14-24(15-8-21)29-19-5-6-26(29)31/h7-16H,2-6,17-20H2,1H3/b16-11+. The summed E-state index contributed by atoms with van der Waals surface area (Å²) in [6, 6.07) is 16.4. The summed E-state index contributed by atoms with van der Waals surface area (Å²) in [6.45, 7) is 3.64. The zero-order valence-corrected chi connectivity index (χ0v) is 18.3. The van der Waals surface area contributed by atoms with Crippen LogP contribution < -0.4 is 9.80 Å². The highest BCUT2D eigenvalue weighted by atomic mass is 16.2. The van der Waals surface area contributed by atoms with Gasteiger partial charge in [0.05, 0.1) is 0 Å². The van der Waals surface area contributed by atoms with Gasteiger partial charge in [0.25, 0.3) is 0 Å². The van der Waals surface area contributed by atoms with Crippen molar-refractivity contribution in [2.24, 2.45) is 0 Å². The Bertz CT molecular complexity index is 928. The third-order valence-electron chi connectivity index (χ3n) is 6.15. The number of piperidine rings is 1. The van der Waals surface area contributed by atoms with Crippen LogP contribution in [0.25, 0.3) is 6.08 Å². The average molecular weight is 418 g/mol. The van der Waals surface area contributed by atoms with E-state index in [-0.39, 0.29) is 11.8 Å². The molecule has 2 heterocycles. The summed E-state index contributed by atoms with van der Waals surface area (Å²) in [5.74, 6) is 0.156. The van der Waals surface area contributed by atoms with Crippen molar-refractivity contribution in [2.45, 2.75) is 38.6 Å². The van der Waals surface area contributed by atoms with E-state index in [2.05, 4.69) is 29.2 Å². The van der Waals surface area contributed by atoms with Gasteiger partial charge in [0, 0.05) is 57.1 Å². The van der Waals surface area contributed by atoms with Crippen LogP contribution in [0.15, 0.2) is 54.6 Å². The molecule has 4 rings (SSSR count). The first-order chi connectivity index (χ1) is 15.1. The highest BCUT2D eigenvalue weighted by molar-refractivity contribution is 5.95. The van der Waals surface area contributed by atoms with Crippen molar-refractivity contribution in [3.8, 4) is 0 Å². The lowest BCUT2D eigenvalue weighted by Gasteiger charge is -2.29. The number of likely N-dealkylation sites (N-methyl/N-ethyl adjacent to an activating group) is 1. The second kappa shape index (κ2) is 9.82. The van der Waals surface area contributed by atoms with E-state index >= 15 is 0 Å². The number of carbonyl (C=O) groups excluding carboxylic acids is 2. The van der Waals surface area contributed by atoms with E-state index in [4.69, 9.17) is 0 Å². The van der Waals surface area contributed by atoms with Gasteiger partial charge in [-0.3, -0.25) is 9.59 Å². The quantitative estimate of drug-likeness (QED) is 0.651. The van der Waals surface area contributed by atoms with Crippen LogP contribution in [0.2, 0.25) is 0 Å². The fourth-order valence-corrected chi connectivity index (χ4v) is 4.30. The molecule has 2 aliphatic heterocycles. The summed E-state index contributed by atoms with van der Waals surface area (Å²) in [7, 11) is 1.83. The van der Waals surface area contributed by atoms with Crippen molar-refractivity contribution in [1.82, 2.24) is 4.90 Å². The van der Waals surface area contributed by atoms with Crippen LogP contribution in [-0.4, -0.2) is 43.4 Å². The third kappa shape index (κ3) is 5.35. The van der Waals surface area contributed by atoms with Gasteiger partial charge in [-0.25, -0.2) is 0 Å². The summed E-state index contributed by atoms with van der Waals surface area (Å²) in [6.07, 6.45) is 8.85. The largest absolute Gasteiger partial charge is 0.372 e. The van der Waals surface area contributed by atoms with E-state index in [9.17, 15) is 9.59 Å². The van der Waals surface area contributed by atoms with Crippen molar-refractivity contribution in [3.05, 3.63) is 65.7 Å². The van der Waals surface area contributed by atoms with Gasteiger partial charge in [0.1, 0.15) is 0 Å². The normalized spacial score (nSPS) is 16.9. The third-order valence-corrected chi connectivity index (χ3v) is 6.15. The number of rotatable bonds is 6. The molecule has 31 heavy (non-hydrogen) atoms. The molecule has 2 amide bonds. The molecule has 2 aliphatic rings. The summed E-state index contributed by atoms with van der Waals surface area (Å²) < 4.78 is 0. The predicted octanol–water partition coefficient (Wildman–Crippen LogP) is 4.48. The molecule has 2 saturated heterocycles. The van der Waals surface area contributed by atoms with Gasteiger partial charge in [-0.15, -0.1) is 0 Å². The Labute approximate surface area is 184 Å². The van der Waals surface area contributed by atoms with Gasteiger partial charge in [-0.2, -0.15) is 0 Å². The van der Waals surface area contributed by atoms with Crippen molar-refractivity contribution >= 4 is 29.3 Å². The van der Waals surface area contributed by atoms with E-state index in [1.54, 1.807) is 11.0 Å². The summed E-state index contributed by atoms with van der Waals surface area (Å²) in [4.78, 5) is 30.4. The summed E-state index contributed by atoms with van der Waals surface area (Å²) in [5.41, 5.74) is 4.28. The van der Waals surface area contributed by atoms with Crippen LogP contribution in [0.4, 0.5) is 11.4 Å². The monoisotopic (exact) mass is 417 g/mol. The van der Waals surface area contributed by atoms with Crippen LogP contribution in [0.1, 0.15) is 43.2 Å². The Hall–Kier alpha value is -3.08. The van der Waals surface area contributed by atoms with E-state index in [1.807, 2.05) is 42.3 Å². The zero-order chi connectivity index (χ0) is 21.6. The Kier molecular flexibility index (Phi) is 6.70. The predicted molar refractivity (Wildman–Crippen MR) is 126 cm³/mol. The number of hydrogen-bond donors (Lipinski definition) is 0. The lowest BCUT2D eigenvalue weighted by Crippen LogP contribution is -2.29. The van der Waals surface area contributed by atoms with Gasteiger partial charge in [0.15, 0.2) is 0 Å². The zero-order valence-electron chi connectivity index (χ0n) is 18.3. The Morgan fingerprint density at radius 1 is 0.903 bits per heavy atom. The Morgan fingerprint density at radius 2 is 1.58 bits per heavy atom. The van der Waals surface area contributed by atoms with Gasteiger partial charge in [0.2, 0.25) is 11.8 Å². The first-order valence-electron chi connectivity index (χ1n) is 11.3. The fraction of sp³-hybridized carbons (Fsp3) is 0.385. The molecule has 2 fully saturated rings. The second-order valence-corrected chi connectivity index (χ2v) is 8.48. The minimum atomic E-state index is -0.0288. The average Bonchev–Trinajstić information content (AvgIpc) is 3.24. The molecule has 0 aliphatic carbocycles. The molecule has 0 aromatic heterocycles. The van der Waals surface area contributed by atoms with Crippen LogP contribution in [0.5, 0.6) is 0 Å². The van der Waals surface area contributed by atoms with Crippen molar-refractivity contribution in [2.75, 3.05) is 36.5 Å². The lowest BCUT2D eigenvalue weighted by atomic mass is 10.1. The molecular formula is C26H31N3O2. The highest BCUT2D eigenvalue weighted by Gasteiger charge is 2.21. The molecule has 0 unspecified atom stereocenters. The molecule has 2 aromatic rings. The molecule has 0 atom stereocenters. The number of benzene rings is 2. The van der Waals surface area contributed by atoms with Gasteiger partial charge in [-0.1, -0.05) is 24.3 Å². The first kappa shape index (κ1) is 21.2. The topological polar surface area (TPSA) is 43.9 Å². The molecule has 0 radical (unpaired) electrons. The van der Waals surface area contributed by atoms with Crippen molar-refractivity contribution in [3.63, 3.8) is 0 Å². The molecule has 2 aromatic carbocycles. The van der Waals surface area contributed by atoms with Crippen LogP contribution in [-0.2, 0) is 16.1 Å². The number of amides is 2. The van der Waals surface area contributed by atoms with Gasteiger partial charge >= 0.3 is 0 Å². The molecule has 5 heteroatoms. The van der Waals surface area contributed by atoms with E-state index < -0.39 is 0 Å². The lowest BCUT2D eigenvalue weighted by molar-refractivity contribution is -0.125. The molecule has 0 N–H and O–H groups in total. The number of carbonyl (C=O) groups is 2. The fourth-order valence-electron chi connectivity index (χ4n) is 4.30. The van der Waals surface area contributed by atoms with Crippen LogP contribution >= 0.6 is 0 Å². The minimum Gasteiger partial charge on any atom is -0.372 e. The maximum absolute atomic E-state index is 12.5. The maximum Gasteiger partial charge on any atom is 0.246 e. The Morgan fingerprint density at radius 3 is 2.23 bits per heavy atom. The molecule has 5 nitrogen and oxygen atoms in total. The number of nitrogens with zero attached hydrogens (tertiary/aromatic N) is 3.